The number of hydrogen-bond donors (Lipinski definition) is 1. The van der Waals surface area contributed by atoms with Crippen molar-refractivity contribution < 1.29 is 4.79 Å². The van der Waals surface area contributed by atoms with Crippen molar-refractivity contribution in [2.75, 3.05) is 5.32 Å². The molecule has 3 nitrogen and oxygen atoms in total. The normalized spacial score (nSPS) is 13.0. The predicted molar refractivity (Wildman–Crippen MR) is 99.0 cm³/mol. The molecule has 0 aliphatic rings. The molecule has 124 valence electrons. The fourth-order valence-electron chi connectivity index (χ4n) is 2.27. The molecule has 24 heavy (non-hydrogen) atoms. The lowest BCUT2D eigenvalue weighted by atomic mass is 9.91. The molecule has 0 radical (unpaired) electrons. The molecule has 1 amide bonds. The molecule has 2 rings (SSSR count). The Labute approximate surface area is 156 Å². The zero-order valence-electron chi connectivity index (χ0n) is 13.1. The third-order valence-corrected chi connectivity index (χ3v) is 4.38. The smallest absolute Gasteiger partial charge is 0.242 e. The van der Waals surface area contributed by atoms with Gasteiger partial charge >= 0.3 is 0 Å². The van der Waals surface area contributed by atoms with E-state index in [1.54, 1.807) is 43.3 Å². The van der Waals surface area contributed by atoms with Crippen LogP contribution in [0.4, 0.5) is 5.69 Å². The molecule has 2 atom stereocenters. The second-order valence-electron chi connectivity index (χ2n) is 5.41. The van der Waals surface area contributed by atoms with Crippen LogP contribution in [0.5, 0.6) is 0 Å². The molecular weight excluding hydrogens is 367 g/mol. The second kappa shape index (κ2) is 7.90. The number of alkyl halides is 1. The number of carbonyl (C=O) groups is 1. The van der Waals surface area contributed by atoms with E-state index in [2.05, 4.69) is 11.4 Å². The van der Waals surface area contributed by atoms with Gasteiger partial charge in [-0.15, -0.1) is 11.6 Å². The van der Waals surface area contributed by atoms with Crippen LogP contribution in [0.2, 0.25) is 10.0 Å². The SMILES string of the molecule is Cc1cc([C@@H](C#N)c2ccc(Cl)cc2)c(Cl)cc1NC(=O)[C@H](C)Cl. The van der Waals surface area contributed by atoms with Crippen molar-refractivity contribution in [3.05, 3.63) is 63.1 Å². The highest BCUT2D eigenvalue weighted by atomic mass is 35.5. The van der Waals surface area contributed by atoms with E-state index in [1.807, 2.05) is 6.92 Å². The van der Waals surface area contributed by atoms with E-state index in [-0.39, 0.29) is 5.91 Å². The fraction of sp³-hybridized carbons (Fsp3) is 0.222. The van der Waals surface area contributed by atoms with Crippen molar-refractivity contribution in [3.8, 4) is 6.07 Å². The average Bonchev–Trinajstić information content (AvgIpc) is 2.54. The summed E-state index contributed by atoms with van der Waals surface area (Å²) in [6.07, 6.45) is 0. The summed E-state index contributed by atoms with van der Waals surface area (Å²) in [4.78, 5) is 11.8. The number of carbonyl (C=O) groups excluding carboxylic acids is 1. The number of aryl methyl sites for hydroxylation is 1. The van der Waals surface area contributed by atoms with Gasteiger partial charge in [0.1, 0.15) is 5.38 Å². The number of nitrogens with one attached hydrogen (secondary N) is 1. The van der Waals surface area contributed by atoms with Crippen LogP contribution in [-0.4, -0.2) is 11.3 Å². The number of benzene rings is 2. The van der Waals surface area contributed by atoms with Gasteiger partial charge in [0.2, 0.25) is 5.91 Å². The predicted octanol–water partition coefficient (Wildman–Crippen LogP) is 5.52. The van der Waals surface area contributed by atoms with Crippen LogP contribution in [0.15, 0.2) is 36.4 Å². The van der Waals surface area contributed by atoms with Crippen molar-refractivity contribution in [1.82, 2.24) is 0 Å². The Morgan fingerprint density at radius 1 is 1.21 bits per heavy atom. The summed E-state index contributed by atoms with van der Waals surface area (Å²) in [6, 6.07) is 12.8. The summed E-state index contributed by atoms with van der Waals surface area (Å²) in [6.45, 7) is 3.43. The van der Waals surface area contributed by atoms with Gasteiger partial charge in [0.05, 0.1) is 12.0 Å². The summed E-state index contributed by atoms with van der Waals surface area (Å²) >= 11 is 18.0. The molecule has 0 saturated carbocycles. The van der Waals surface area contributed by atoms with Gasteiger partial charge < -0.3 is 5.32 Å². The van der Waals surface area contributed by atoms with Crippen LogP contribution in [0.1, 0.15) is 29.5 Å². The minimum absolute atomic E-state index is 0.307. The number of anilines is 1. The lowest BCUT2D eigenvalue weighted by Gasteiger charge is -2.16. The van der Waals surface area contributed by atoms with Gasteiger partial charge in [-0.25, -0.2) is 0 Å². The number of nitriles is 1. The van der Waals surface area contributed by atoms with E-state index in [0.717, 1.165) is 11.1 Å². The summed E-state index contributed by atoms with van der Waals surface area (Å²) in [5, 5.41) is 12.7. The molecule has 0 aliphatic heterocycles. The van der Waals surface area contributed by atoms with Crippen molar-refractivity contribution >= 4 is 46.4 Å². The third kappa shape index (κ3) is 4.21. The maximum atomic E-state index is 11.8. The van der Waals surface area contributed by atoms with Crippen molar-refractivity contribution in [2.45, 2.75) is 25.1 Å². The van der Waals surface area contributed by atoms with Crippen molar-refractivity contribution in [3.63, 3.8) is 0 Å². The molecule has 0 aliphatic carbocycles. The minimum atomic E-state index is -0.649. The van der Waals surface area contributed by atoms with Gasteiger partial charge in [-0.1, -0.05) is 41.4 Å². The van der Waals surface area contributed by atoms with E-state index in [1.165, 1.54) is 0 Å². The van der Waals surface area contributed by atoms with E-state index in [9.17, 15) is 10.1 Å². The fourth-order valence-corrected chi connectivity index (χ4v) is 2.72. The molecule has 0 heterocycles. The van der Waals surface area contributed by atoms with Gasteiger partial charge in [0, 0.05) is 15.7 Å². The van der Waals surface area contributed by atoms with Gasteiger partial charge in [-0.3, -0.25) is 4.79 Å². The first-order chi connectivity index (χ1) is 11.3. The highest BCUT2D eigenvalue weighted by Gasteiger charge is 2.19. The highest BCUT2D eigenvalue weighted by Crippen LogP contribution is 2.34. The molecular formula is C18H15Cl3N2O. The van der Waals surface area contributed by atoms with E-state index in [4.69, 9.17) is 34.8 Å². The Balaban J connectivity index is 2.40. The summed E-state index contributed by atoms with van der Waals surface area (Å²) in [7, 11) is 0. The number of rotatable bonds is 4. The van der Waals surface area contributed by atoms with Crippen LogP contribution in [0.25, 0.3) is 0 Å². The third-order valence-electron chi connectivity index (χ3n) is 3.61. The Hall–Kier alpha value is -1.73. The molecule has 2 aromatic carbocycles. The lowest BCUT2D eigenvalue weighted by Crippen LogP contribution is -2.21. The zero-order valence-corrected chi connectivity index (χ0v) is 15.4. The molecule has 6 heteroatoms. The standard InChI is InChI=1S/C18H15Cl3N2O/c1-10-7-14(15(9-22)12-3-5-13(20)6-4-12)16(21)8-17(10)23-18(24)11(2)19/h3-8,11,15H,1-2H3,(H,23,24)/t11-,15-/m0/s1. The maximum Gasteiger partial charge on any atom is 0.242 e. The van der Waals surface area contributed by atoms with E-state index in [0.29, 0.717) is 21.3 Å². The van der Waals surface area contributed by atoms with Crippen LogP contribution in [0, 0.1) is 18.3 Å². The monoisotopic (exact) mass is 380 g/mol. The minimum Gasteiger partial charge on any atom is -0.325 e. The zero-order chi connectivity index (χ0) is 17.9. The Morgan fingerprint density at radius 3 is 2.38 bits per heavy atom. The van der Waals surface area contributed by atoms with Crippen LogP contribution in [-0.2, 0) is 4.79 Å². The van der Waals surface area contributed by atoms with Crippen LogP contribution >= 0.6 is 34.8 Å². The summed E-state index contributed by atoms with van der Waals surface area (Å²) in [5.41, 5.74) is 2.86. The molecule has 0 fully saturated rings. The average molecular weight is 382 g/mol. The molecule has 0 aromatic heterocycles. The quantitative estimate of drug-likeness (QED) is 0.709. The van der Waals surface area contributed by atoms with Crippen LogP contribution in [0.3, 0.4) is 0 Å². The maximum absolute atomic E-state index is 11.8. The number of halogens is 3. The Bertz CT molecular complexity index is 795. The van der Waals surface area contributed by atoms with Crippen molar-refractivity contribution in [1.29, 1.82) is 5.26 Å². The van der Waals surface area contributed by atoms with Gasteiger partial charge in [0.15, 0.2) is 0 Å². The van der Waals surface area contributed by atoms with E-state index < -0.39 is 11.3 Å². The number of amides is 1. The summed E-state index contributed by atoms with van der Waals surface area (Å²) in [5.74, 6) is -0.830. The van der Waals surface area contributed by atoms with E-state index >= 15 is 0 Å². The topological polar surface area (TPSA) is 52.9 Å². The Morgan fingerprint density at radius 2 is 1.83 bits per heavy atom. The second-order valence-corrected chi connectivity index (χ2v) is 6.91. The Kier molecular flexibility index (Phi) is 6.12. The van der Waals surface area contributed by atoms with Gasteiger partial charge in [-0.2, -0.15) is 5.26 Å². The first-order valence-corrected chi connectivity index (χ1v) is 8.42. The molecule has 1 N–H and O–H groups in total. The number of hydrogen-bond acceptors (Lipinski definition) is 2. The lowest BCUT2D eigenvalue weighted by molar-refractivity contribution is -0.115. The molecule has 0 unspecified atom stereocenters. The first-order valence-electron chi connectivity index (χ1n) is 7.23. The largest absolute Gasteiger partial charge is 0.325 e. The molecule has 2 aromatic rings. The van der Waals surface area contributed by atoms with Crippen molar-refractivity contribution in [2.24, 2.45) is 0 Å². The van der Waals surface area contributed by atoms with Gasteiger partial charge in [-0.05, 0) is 48.7 Å². The summed E-state index contributed by atoms with van der Waals surface area (Å²) < 4.78 is 0. The first kappa shape index (κ1) is 18.6. The molecule has 0 spiro atoms. The van der Waals surface area contributed by atoms with Gasteiger partial charge in [0.25, 0.3) is 0 Å². The van der Waals surface area contributed by atoms with Crippen LogP contribution < -0.4 is 5.32 Å². The molecule has 0 saturated heterocycles. The number of nitrogens with zero attached hydrogens (tertiary/aromatic N) is 1. The molecule has 0 bridgehead atoms. The highest BCUT2D eigenvalue weighted by molar-refractivity contribution is 6.33.